The fourth-order valence-corrected chi connectivity index (χ4v) is 2.89. The number of nitrogens with one attached hydrogen (secondary N) is 3. The second-order valence-corrected chi connectivity index (χ2v) is 5.80. The molecule has 1 atom stereocenters. The maximum atomic E-state index is 12.3. The normalized spacial score (nSPS) is 18.0. The number of rotatable bonds is 5. The quantitative estimate of drug-likeness (QED) is 0.656. The van der Waals surface area contributed by atoms with Gasteiger partial charge in [0.15, 0.2) is 5.82 Å². The van der Waals surface area contributed by atoms with Crippen LogP contribution < -0.4 is 10.1 Å². The molecule has 9 heteroatoms. The van der Waals surface area contributed by atoms with E-state index in [9.17, 15) is 8.78 Å². The van der Waals surface area contributed by atoms with Gasteiger partial charge in [0.05, 0.1) is 22.9 Å². The van der Waals surface area contributed by atoms with Crippen LogP contribution in [0.2, 0.25) is 0 Å². The number of fused-ring (bicyclic) bond motifs is 1. The average Bonchev–Trinajstić information content (AvgIpc) is 3.21. The van der Waals surface area contributed by atoms with Gasteiger partial charge in [-0.15, -0.1) is 0 Å². The van der Waals surface area contributed by atoms with Crippen LogP contribution >= 0.6 is 0 Å². The fraction of sp³-hybridized carbons (Fsp3) is 0.375. The zero-order valence-electron chi connectivity index (χ0n) is 13.3. The molecule has 0 radical (unpaired) electrons. The van der Waals surface area contributed by atoms with E-state index in [0.29, 0.717) is 22.6 Å². The zero-order chi connectivity index (χ0) is 17.2. The SMILES string of the molecule is FC(F)Oc1ccc2nc(-c3[nH]ncc3NC3CCCCO3)[nH]c2c1. The summed E-state index contributed by atoms with van der Waals surface area (Å²) in [5, 5.41) is 10.3. The van der Waals surface area contributed by atoms with Gasteiger partial charge >= 0.3 is 6.61 Å². The standard InChI is InChI=1S/C16H17F2N5O2/c17-16(18)25-9-4-5-10-11(7-9)22-15(21-10)14-12(8-19-23-14)20-13-3-1-2-6-24-13/h4-5,7-8,13,16,20H,1-3,6H2,(H,19,23)(H,21,22). The van der Waals surface area contributed by atoms with Gasteiger partial charge in [0.25, 0.3) is 0 Å². The highest BCUT2D eigenvalue weighted by atomic mass is 19.3. The number of alkyl halides is 2. The molecule has 25 heavy (non-hydrogen) atoms. The van der Waals surface area contributed by atoms with Crippen LogP contribution in [0.15, 0.2) is 24.4 Å². The van der Waals surface area contributed by atoms with Gasteiger partial charge in [-0.05, 0) is 31.4 Å². The van der Waals surface area contributed by atoms with Crippen molar-refractivity contribution < 1.29 is 18.3 Å². The average molecular weight is 349 g/mol. The Labute approximate surface area is 141 Å². The molecule has 1 aliphatic heterocycles. The molecular formula is C16H17F2N5O2. The lowest BCUT2D eigenvalue weighted by Gasteiger charge is -2.24. The summed E-state index contributed by atoms with van der Waals surface area (Å²) in [6.45, 7) is -2.12. The van der Waals surface area contributed by atoms with Crippen LogP contribution in [0, 0.1) is 0 Å². The molecular weight excluding hydrogens is 332 g/mol. The second kappa shape index (κ2) is 6.67. The summed E-state index contributed by atoms with van der Waals surface area (Å²) < 4.78 is 34.8. The van der Waals surface area contributed by atoms with Crippen LogP contribution in [-0.4, -0.2) is 39.6 Å². The van der Waals surface area contributed by atoms with Crippen molar-refractivity contribution in [2.24, 2.45) is 0 Å². The Kier molecular flexibility index (Phi) is 4.22. The van der Waals surface area contributed by atoms with Crippen molar-refractivity contribution in [1.82, 2.24) is 20.2 Å². The maximum Gasteiger partial charge on any atom is 0.387 e. The van der Waals surface area contributed by atoms with Crippen molar-refractivity contribution in [3.05, 3.63) is 24.4 Å². The van der Waals surface area contributed by atoms with E-state index in [0.717, 1.165) is 31.6 Å². The smallest absolute Gasteiger partial charge is 0.387 e. The van der Waals surface area contributed by atoms with Gasteiger partial charge in [-0.3, -0.25) is 5.10 Å². The molecule has 2 aromatic heterocycles. The third kappa shape index (κ3) is 3.41. The first-order valence-corrected chi connectivity index (χ1v) is 8.05. The van der Waals surface area contributed by atoms with Gasteiger partial charge in [-0.2, -0.15) is 13.9 Å². The number of H-pyrrole nitrogens is 2. The predicted molar refractivity (Wildman–Crippen MR) is 87.5 cm³/mol. The van der Waals surface area contributed by atoms with Crippen LogP contribution in [0.3, 0.4) is 0 Å². The Bertz CT molecular complexity index is 857. The number of halogens is 2. The summed E-state index contributed by atoms with van der Waals surface area (Å²) >= 11 is 0. The highest BCUT2D eigenvalue weighted by Crippen LogP contribution is 2.28. The van der Waals surface area contributed by atoms with Crippen LogP contribution in [0.25, 0.3) is 22.6 Å². The number of hydrogen-bond acceptors (Lipinski definition) is 5. The number of aromatic nitrogens is 4. The third-order valence-electron chi connectivity index (χ3n) is 4.05. The van der Waals surface area contributed by atoms with Crippen LogP contribution in [0.5, 0.6) is 5.75 Å². The Morgan fingerprint density at radius 1 is 1.32 bits per heavy atom. The van der Waals surface area contributed by atoms with Gasteiger partial charge in [-0.25, -0.2) is 4.98 Å². The Hall–Kier alpha value is -2.68. The van der Waals surface area contributed by atoms with E-state index in [1.54, 1.807) is 12.3 Å². The monoisotopic (exact) mass is 349 g/mol. The van der Waals surface area contributed by atoms with Crippen molar-refractivity contribution in [1.29, 1.82) is 0 Å². The number of benzene rings is 1. The topological polar surface area (TPSA) is 87.8 Å². The summed E-state index contributed by atoms with van der Waals surface area (Å²) in [5.41, 5.74) is 2.70. The van der Waals surface area contributed by atoms with Crippen LogP contribution in [0.4, 0.5) is 14.5 Å². The lowest BCUT2D eigenvalue weighted by molar-refractivity contribution is -0.0497. The summed E-state index contributed by atoms with van der Waals surface area (Å²) in [7, 11) is 0. The minimum Gasteiger partial charge on any atom is -0.435 e. The van der Waals surface area contributed by atoms with E-state index in [-0.39, 0.29) is 12.0 Å². The van der Waals surface area contributed by atoms with Crippen molar-refractivity contribution in [2.75, 3.05) is 11.9 Å². The van der Waals surface area contributed by atoms with Gasteiger partial charge in [0.1, 0.15) is 17.7 Å². The highest BCUT2D eigenvalue weighted by molar-refractivity contribution is 5.82. The van der Waals surface area contributed by atoms with Gasteiger partial charge < -0.3 is 19.8 Å². The van der Waals surface area contributed by atoms with E-state index in [2.05, 4.69) is 30.2 Å². The van der Waals surface area contributed by atoms with Gasteiger partial charge in [0.2, 0.25) is 0 Å². The summed E-state index contributed by atoms with van der Waals surface area (Å²) in [6.07, 6.45) is 4.73. The number of hydrogen-bond donors (Lipinski definition) is 3. The van der Waals surface area contributed by atoms with E-state index in [4.69, 9.17) is 4.74 Å². The number of ether oxygens (including phenoxy) is 2. The van der Waals surface area contributed by atoms with Crippen molar-refractivity contribution >= 4 is 16.7 Å². The molecule has 0 bridgehead atoms. The fourth-order valence-electron chi connectivity index (χ4n) is 2.89. The van der Waals surface area contributed by atoms with Crippen LogP contribution in [-0.2, 0) is 4.74 Å². The lowest BCUT2D eigenvalue weighted by atomic mass is 10.2. The number of nitrogens with zero attached hydrogens (tertiary/aromatic N) is 2. The summed E-state index contributed by atoms with van der Waals surface area (Å²) in [6, 6.07) is 4.58. The van der Waals surface area contributed by atoms with E-state index >= 15 is 0 Å². The van der Waals surface area contributed by atoms with E-state index in [1.807, 2.05) is 0 Å². The first kappa shape index (κ1) is 15.8. The molecule has 1 aromatic carbocycles. The molecule has 0 spiro atoms. The molecule has 3 aromatic rings. The molecule has 3 heterocycles. The number of imidazole rings is 1. The molecule has 0 saturated carbocycles. The van der Waals surface area contributed by atoms with Gasteiger partial charge in [-0.1, -0.05) is 0 Å². The lowest BCUT2D eigenvalue weighted by Crippen LogP contribution is -2.27. The van der Waals surface area contributed by atoms with Gasteiger partial charge in [0, 0.05) is 12.7 Å². The first-order valence-electron chi connectivity index (χ1n) is 8.05. The molecule has 1 saturated heterocycles. The minimum absolute atomic E-state index is 0.0551. The minimum atomic E-state index is -2.86. The Morgan fingerprint density at radius 2 is 2.24 bits per heavy atom. The summed E-state index contributed by atoms with van der Waals surface area (Å²) in [4.78, 5) is 7.58. The molecule has 0 aliphatic carbocycles. The number of anilines is 1. The van der Waals surface area contributed by atoms with Crippen molar-refractivity contribution in [3.8, 4) is 17.3 Å². The number of aromatic amines is 2. The zero-order valence-corrected chi connectivity index (χ0v) is 13.3. The molecule has 1 unspecified atom stereocenters. The van der Waals surface area contributed by atoms with E-state index < -0.39 is 6.61 Å². The van der Waals surface area contributed by atoms with Crippen molar-refractivity contribution in [2.45, 2.75) is 32.1 Å². The summed E-state index contributed by atoms with van der Waals surface area (Å²) in [5.74, 6) is 0.635. The molecule has 132 valence electrons. The molecule has 1 aliphatic rings. The van der Waals surface area contributed by atoms with Crippen LogP contribution in [0.1, 0.15) is 19.3 Å². The molecule has 7 nitrogen and oxygen atoms in total. The molecule has 1 fully saturated rings. The second-order valence-electron chi connectivity index (χ2n) is 5.80. The molecule has 3 N–H and O–H groups in total. The largest absolute Gasteiger partial charge is 0.435 e. The first-order chi connectivity index (χ1) is 12.2. The third-order valence-corrected chi connectivity index (χ3v) is 4.05. The van der Waals surface area contributed by atoms with Crippen molar-refractivity contribution in [3.63, 3.8) is 0 Å². The molecule has 0 amide bonds. The maximum absolute atomic E-state index is 12.3. The highest BCUT2D eigenvalue weighted by Gasteiger charge is 2.18. The Morgan fingerprint density at radius 3 is 3.04 bits per heavy atom. The molecule has 4 rings (SSSR count). The predicted octanol–water partition coefficient (Wildman–Crippen LogP) is 3.49. The Balaban J connectivity index is 1.60. The van der Waals surface area contributed by atoms with E-state index in [1.165, 1.54) is 12.1 Å².